The molecule has 0 radical (unpaired) electrons. The summed E-state index contributed by atoms with van der Waals surface area (Å²) in [5, 5.41) is 20.3. The van der Waals surface area contributed by atoms with Gasteiger partial charge in [-0.3, -0.25) is 0 Å². The van der Waals surface area contributed by atoms with Crippen LogP contribution in [0.4, 0.5) is 10.6 Å². The summed E-state index contributed by atoms with van der Waals surface area (Å²) in [4.78, 5) is 16.4. The smallest absolute Gasteiger partial charge is 0.410 e. The highest BCUT2D eigenvalue weighted by Gasteiger charge is 2.29. The number of rotatable bonds is 3. The van der Waals surface area contributed by atoms with Crippen LogP contribution in [0.3, 0.4) is 0 Å². The Morgan fingerprint density at radius 2 is 1.70 bits per heavy atom. The quantitative estimate of drug-likeness (QED) is 0.566. The number of fused-ring (bicyclic) bond motifs is 1. The molecule has 170 valence electrons. The number of nitriles is 1. The lowest BCUT2D eigenvalue weighted by molar-refractivity contribution is 0.0201. The number of benzene rings is 2. The minimum Gasteiger partial charge on any atom is -0.444 e. The van der Waals surface area contributed by atoms with Crippen molar-refractivity contribution in [3.05, 3.63) is 54.1 Å². The number of hydrogen-bond acceptors (Lipinski definition) is 6. The minimum absolute atomic E-state index is 0.133. The molecule has 1 aromatic heterocycles. The molecule has 7 nitrogen and oxygen atoms in total. The van der Waals surface area contributed by atoms with Crippen molar-refractivity contribution in [3.63, 3.8) is 0 Å². The Bertz CT molecular complexity index is 1190. The molecule has 1 aliphatic rings. The fraction of sp³-hybridized carbons (Fsp3) is 0.385. The molecule has 2 aromatic carbocycles. The zero-order chi connectivity index (χ0) is 23.6. The second kappa shape index (κ2) is 9.07. The number of aromatic nitrogens is 2. The molecule has 0 bridgehead atoms. The average Bonchev–Trinajstić information content (AvgIpc) is 2.82. The molecular weight excluding hydrogens is 414 g/mol. The first kappa shape index (κ1) is 22.5. The van der Waals surface area contributed by atoms with Gasteiger partial charge in [-0.1, -0.05) is 36.4 Å². The molecule has 0 aliphatic carbocycles. The summed E-state index contributed by atoms with van der Waals surface area (Å²) in [5.41, 5.74) is 1.85. The van der Waals surface area contributed by atoms with E-state index in [1.807, 2.05) is 52.1 Å². The molecule has 0 N–H and O–H groups in total. The van der Waals surface area contributed by atoms with E-state index in [-0.39, 0.29) is 12.1 Å². The highest BCUT2D eigenvalue weighted by molar-refractivity contribution is 6.00. The van der Waals surface area contributed by atoms with Gasteiger partial charge in [0.15, 0.2) is 5.82 Å². The van der Waals surface area contributed by atoms with Crippen LogP contribution in [-0.2, 0) is 4.74 Å². The van der Waals surface area contributed by atoms with Crippen molar-refractivity contribution in [2.45, 2.75) is 45.3 Å². The van der Waals surface area contributed by atoms with E-state index in [9.17, 15) is 4.79 Å². The second-order valence-corrected chi connectivity index (χ2v) is 9.42. The number of ether oxygens (including phenoxy) is 1. The van der Waals surface area contributed by atoms with E-state index in [1.165, 1.54) is 0 Å². The van der Waals surface area contributed by atoms with Crippen molar-refractivity contribution >= 4 is 22.7 Å². The van der Waals surface area contributed by atoms with Crippen LogP contribution in [0.25, 0.3) is 22.0 Å². The molecule has 1 fully saturated rings. The van der Waals surface area contributed by atoms with E-state index in [0.29, 0.717) is 5.56 Å². The van der Waals surface area contributed by atoms with Gasteiger partial charge in [0.1, 0.15) is 11.3 Å². The van der Waals surface area contributed by atoms with Gasteiger partial charge < -0.3 is 14.5 Å². The molecule has 1 aliphatic heterocycles. The second-order valence-electron chi connectivity index (χ2n) is 9.42. The summed E-state index contributed by atoms with van der Waals surface area (Å²) in [7, 11) is 1.82. The summed E-state index contributed by atoms with van der Waals surface area (Å²) in [6, 6.07) is 17.8. The number of carbonyl (C=O) groups is 1. The lowest BCUT2D eigenvalue weighted by Gasteiger charge is -2.37. The molecule has 0 unspecified atom stereocenters. The van der Waals surface area contributed by atoms with E-state index in [0.717, 1.165) is 53.8 Å². The number of hydrogen-bond donors (Lipinski definition) is 0. The normalized spacial score (nSPS) is 14.7. The number of carbonyl (C=O) groups excluding carboxylic acids is 1. The maximum Gasteiger partial charge on any atom is 0.410 e. The third-order valence-electron chi connectivity index (χ3n) is 5.95. The van der Waals surface area contributed by atoms with Crippen molar-refractivity contribution in [1.29, 1.82) is 5.26 Å². The summed E-state index contributed by atoms with van der Waals surface area (Å²) in [5.74, 6) is 0.862. The van der Waals surface area contributed by atoms with Crippen molar-refractivity contribution in [2.24, 2.45) is 0 Å². The Kier molecular flexibility index (Phi) is 6.19. The van der Waals surface area contributed by atoms with Gasteiger partial charge in [0, 0.05) is 42.5 Å². The fourth-order valence-electron chi connectivity index (χ4n) is 4.19. The Morgan fingerprint density at radius 1 is 1.06 bits per heavy atom. The number of nitrogens with zero attached hydrogens (tertiary/aromatic N) is 5. The van der Waals surface area contributed by atoms with Gasteiger partial charge in [-0.05, 0) is 45.7 Å². The SMILES string of the molecule is CN(C(=O)OC(C)(C)C)C1CCN(c2nnc(-c3ccc(C#N)cc3)c3ccccc23)CC1. The fourth-order valence-corrected chi connectivity index (χ4v) is 4.19. The first-order chi connectivity index (χ1) is 15.8. The summed E-state index contributed by atoms with van der Waals surface area (Å²) >= 11 is 0. The Morgan fingerprint density at radius 3 is 2.30 bits per heavy atom. The Balaban J connectivity index is 1.54. The van der Waals surface area contributed by atoms with Gasteiger partial charge in [0.05, 0.1) is 11.6 Å². The van der Waals surface area contributed by atoms with Gasteiger partial charge in [0.2, 0.25) is 0 Å². The van der Waals surface area contributed by atoms with Crippen LogP contribution in [0.1, 0.15) is 39.2 Å². The molecule has 4 rings (SSSR count). The third-order valence-corrected chi connectivity index (χ3v) is 5.95. The molecule has 0 spiro atoms. The van der Waals surface area contributed by atoms with Gasteiger partial charge in [0.25, 0.3) is 0 Å². The molecule has 0 saturated carbocycles. The predicted molar refractivity (Wildman–Crippen MR) is 129 cm³/mol. The zero-order valence-corrected chi connectivity index (χ0v) is 19.6. The standard InChI is InChI=1S/C26H29N5O2/c1-26(2,3)33-25(32)30(4)20-13-15-31(16-14-20)24-22-8-6-5-7-21(22)23(28-29-24)19-11-9-18(17-27)10-12-19/h5-12,20H,13-16H2,1-4H3. The third kappa shape index (κ3) is 4.90. The predicted octanol–water partition coefficient (Wildman–Crippen LogP) is 5.00. The van der Waals surface area contributed by atoms with Crippen molar-refractivity contribution in [1.82, 2.24) is 15.1 Å². The van der Waals surface area contributed by atoms with Crippen LogP contribution in [0.2, 0.25) is 0 Å². The van der Waals surface area contributed by atoms with Crippen LogP contribution in [0, 0.1) is 11.3 Å². The van der Waals surface area contributed by atoms with Crippen molar-refractivity contribution in [2.75, 3.05) is 25.0 Å². The molecule has 1 amide bonds. The molecule has 3 aromatic rings. The largest absolute Gasteiger partial charge is 0.444 e. The molecule has 0 atom stereocenters. The highest BCUT2D eigenvalue weighted by Crippen LogP contribution is 2.33. The average molecular weight is 444 g/mol. The van der Waals surface area contributed by atoms with Crippen LogP contribution in [0.5, 0.6) is 0 Å². The molecule has 7 heteroatoms. The summed E-state index contributed by atoms with van der Waals surface area (Å²) < 4.78 is 5.52. The summed E-state index contributed by atoms with van der Waals surface area (Å²) in [6.07, 6.45) is 1.39. The maximum atomic E-state index is 12.4. The Labute approximate surface area is 194 Å². The van der Waals surface area contributed by atoms with Gasteiger partial charge in [-0.2, -0.15) is 5.26 Å². The van der Waals surface area contributed by atoms with E-state index >= 15 is 0 Å². The van der Waals surface area contributed by atoms with Crippen LogP contribution < -0.4 is 4.90 Å². The highest BCUT2D eigenvalue weighted by atomic mass is 16.6. The van der Waals surface area contributed by atoms with E-state index in [2.05, 4.69) is 33.3 Å². The maximum absolute atomic E-state index is 12.4. The first-order valence-corrected chi connectivity index (χ1v) is 11.2. The summed E-state index contributed by atoms with van der Waals surface area (Å²) in [6.45, 7) is 7.21. The topological polar surface area (TPSA) is 82.3 Å². The van der Waals surface area contributed by atoms with Gasteiger partial charge >= 0.3 is 6.09 Å². The van der Waals surface area contributed by atoms with Gasteiger partial charge in [-0.25, -0.2) is 4.79 Å². The first-order valence-electron chi connectivity index (χ1n) is 11.2. The molecular formula is C26H29N5O2. The minimum atomic E-state index is -0.503. The Hall–Kier alpha value is -3.66. The van der Waals surface area contributed by atoms with Crippen LogP contribution >= 0.6 is 0 Å². The molecule has 33 heavy (non-hydrogen) atoms. The van der Waals surface area contributed by atoms with Crippen LogP contribution in [-0.4, -0.2) is 53.0 Å². The van der Waals surface area contributed by atoms with E-state index < -0.39 is 5.60 Å². The van der Waals surface area contributed by atoms with Gasteiger partial charge in [-0.15, -0.1) is 10.2 Å². The van der Waals surface area contributed by atoms with E-state index in [4.69, 9.17) is 10.00 Å². The number of piperidine rings is 1. The monoisotopic (exact) mass is 443 g/mol. The van der Waals surface area contributed by atoms with Crippen LogP contribution in [0.15, 0.2) is 48.5 Å². The number of anilines is 1. The molecule has 1 saturated heterocycles. The zero-order valence-electron chi connectivity index (χ0n) is 19.6. The number of amides is 1. The van der Waals surface area contributed by atoms with Crippen molar-refractivity contribution < 1.29 is 9.53 Å². The lowest BCUT2D eigenvalue weighted by atomic mass is 10.0. The van der Waals surface area contributed by atoms with Crippen molar-refractivity contribution in [3.8, 4) is 17.3 Å². The lowest BCUT2D eigenvalue weighted by Crippen LogP contribution is -2.47. The molecule has 2 heterocycles. The van der Waals surface area contributed by atoms with E-state index in [1.54, 1.807) is 17.0 Å².